The minimum absolute atomic E-state index is 0.162. The van der Waals surface area contributed by atoms with Gasteiger partial charge in [-0.1, -0.05) is 51.5 Å². The van der Waals surface area contributed by atoms with E-state index in [-0.39, 0.29) is 16.8 Å². The topological polar surface area (TPSA) is 74.2 Å². The predicted octanol–water partition coefficient (Wildman–Crippen LogP) is 5.04. The molecule has 0 spiro atoms. The van der Waals surface area contributed by atoms with Crippen molar-refractivity contribution in [3.8, 4) is 5.75 Å². The summed E-state index contributed by atoms with van der Waals surface area (Å²) >= 11 is 10.1. The Kier molecular flexibility index (Phi) is 4.77. The minimum atomic E-state index is -0.296. The number of aromatic nitrogens is 1. The Balaban J connectivity index is 1.54. The molecule has 4 aromatic rings. The van der Waals surface area contributed by atoms with Gasteiger partial charge in [-0.15, -0.1) is 0 Å². The number of fused-ring (bicyclic) bond motifs is 2. The molecule has 0 aliphatic heterocycles. The third-order valence-corrected chi connectivity index (χ3v) is 5.76. The first-order valence-electron chi connectivity index (χ1n) is 7.90. The second-order valence-electron chi connectivity index (χ2n) is 5.72. The number of halogens is 1. The number of nitrogens with one attached hydrogen (secondary N) is 2. The van der Waals surface area contributed by atoms with Gasteiger partial charge < -0.3 is 10.4 Å². The monoisotopic (exact) mass is 457 g/mol. The fourth-order valence-corrected chi connectivity index (χ4v) is 4.39. The van der Waals surface area contributed by atoms with Crippen molar-refractivity contribution in [2.45, 2.75) is 0 Å². The average molecular weight is 458 g/mol. The van der Waals surface area contributed by atoms with Gasteiger partial charge in [0, 0.05) is 10.0 Å². The Morgan fingerprint density at radius 2 is 1.89 bits per heavy atom. The fourth-order valence-electron chi connectivity index (χ4n) is 2.74. The number of hydrogen-bond acceptors (Lipinski definition) is 5. The van der Waals surface area contributed by atoms with Crippen LogP contribution in [-0.4, -0.2) is 21.1 Å². The largest absolute Gasteiger partial charge is 0.508 e. The number of rotatable bonds is 2. The third kappa shape index (κ3) is 3.64. The van der Waals surface area contributed by atoms with Crippen molar-refractivity contribution in [2.75, 3.05) is 5.32 Å². The van der Waals surface area contributed by atoms with Crippen LogP contribution in [0, 0.1) is 0 Å². The molecule has 0 aliphatic rings. The lowest BCUT2D eigenvalue weighted by atomic mass is 10.0. The summed E-state index contributed by atoms with van der Waals surface area (Å²) in [5.74, 6) is -0.120. The Hall–Kier alpha value is -2.55. The van der Waals surface area contributed by atoms with Gasteiger partial charge >= 0.3 is 0 Å². The number of carbonyl (C=O) groups is 1. The summed E-state index contributed by atoms with van der Waals surface area (Å²) in [6.07, 6.45) is 0. The fraction of sp³-hybridized carbons (Fsp3) is 0. The Bertz CT molecular complexity index is 1210. The van der Waals surface area contributed by atoms with Crippen molar-refractivity contribution in [2.24, 2.45) is 0 Å². The van der Waals surface area contributed by atoms with Crippen molar-refractivity contribution in [1.29, 1.82) is 0 Å². The molecule has 0 fully saturated rings. The maximum absolute atomic E-state index is 12.7. The van der Waals surface area contributed by atoms with Gasteiger partial charge in [0.25, 0.3) is 5.91 Å². The number of nitrogens with zero attached hydrogens (tertiary/aromatic N) is 1. The quantitative estimate of drug-likeness (QED) is 0.367. The Labute approximate surface area is 172 Å². The van der Waals surface area contributed by atoms with Crippen LogP contribution in [0.25, 0.3) is 21.0 Å². The van der Waals surface area contributed by atoms with E-state index in [2.05, 4.69) is 31.5 Å². The standard InChI is InChI=1S/C19H12BrN3O2S2/c20-14-6-2-3-11-12(14)4-1-5-13(11)17(25)22-18(26)23-19-21-15-8-7-10(24)9-16(15)27-19/h1-9,24H,(H2,21,22,23,25,26). The molecule has 1 amide bonds. The molecule has 5 nitrogen and oxygen atoms in total. The van der Waals surface area contributed by atoms with Crippen molar-refractivity contribution in [3.05, 3.63) is 64.6 Å². The van der Waals surface area contributed by atoms with E-state index in [0.29, 0.717) is 10.7 Å². The van der Waals surface area contributed by atoms with Crippen molar-refractivity contribution >= 4 is 76.6 Å². The molecule has 4 rings (SSSR count). The molecule has 1 heterocycles. The van der Waals surface area contributed by atoms with Crippen LogP contribution < -0.4 is 10.6 Å². The first-order chi connectivity index (χ1) is 13.0. The van der Waals surface area contributed by atoms with Crippen LogP contribution in [-0.2, 0) is 0 Å². The zero-order chi connectivity index (χ0) is 19.0. The van der Waals surface area contributed by atoms with Gasteiger partial charge in [-0.2, -0.15) is 0 Å². The molecule has 0 atom stereocenters. The molecular formula is C19H12BrN3O2S2. The summed E-state index contributed by atoms with van der Waals surface area (Å²) < 4.78 is 1.75. The number of anilines is 1. The summed E-state index contributed by atoms with van der Waals surface area (Å²) in [7, 11) is 0. The summed E-state index contributed by atoms with van der Waals surface area (Å²) in [5.41, 5.74) is 1.28. The number of amides is 1. The third-order valence-electron chi connectivity index (χ3n) is 3.93. The Morgan fingerprint density at radius 3 is 2.74 bits per heavy atom. The number of thiocarbonyl (C=S) groups is 1. The van der Waals surface area contributed by atoms with Crippen LogP contribution in [0.1, 0.15) is 10.4 Å². The van der Waals surface area contributed by atoms with Gasteiger partial charge in [-0.25, -0.2) is 4.98 Å². The number of benzene rings is 3. The molecule has 8 heteroatoms. The molecule has 0 saturated carbocycles. The number of thiazole rings is 1. The predicted molar refractivity (Wildman–Crippen MR) is 117 cm³/mol. The molecule has 0 radical (unpaired) electrons. The van der Waals surface area contributed by atoms with E-state index < -0.39 is 0 Å². The van der Waals surface area contributed by atoms with E-state index in [1.165, 1.54) is 11.3 Å². The number of hydrogen-bond donors (Lipinski definition) is 3. The summed E-state index contributed by atoms with van der Waals surface area (Å²) in [5, 5.41) is 17.7. The lowest BCUT2D eigenvalue weighted by Gasteiger charge is -2.10. The average Bonchev–Trinajstić information content (AvgIpc) is 3.02. The molecule has 0 aliphatic carbocycles. The highest BCUT2D eigenvalue weighted by atomic mass is 79.9. The molecule has 0 saturated heterocycles. The smallest absolute Gasteiger partial charge is 0.258 e. The highest BCUT2D eigenvalue weighted by Gasteiger charge is 2.13. The molecule has 1 aromatic heterocycles. The second-order valence-corrected chi connectivity index (χ2v) is 8.01. The van der Waals surface area contributed by atoms with Crippen LogP contribution in [0.4, 0.5) is 5.13 Å². The van der Waals surface area contributed by atoms with Gasteiger partial charge in [0.2, 0.25) is 0 Å². The van der Waals surface area contributed by atoms with E-state index in [4.69, 9.17) is 12.2 Å². The van der Waals surface area contributed by atoms with Crippen LogP contribution >= 0.6 is 39.5 Å². The van der Waals surface area contributed by atoms with Crippen LogP contribution in [0.3, 0.4) is 0 Å². The summed E-state index contributed by atoms with van der Waals surface area (Å²) in [6.45, 7) is 0. The maximum Gasteiger partial charge on any atom is 0.258 e. The SMILES string of the molecule is O=C(NC(=S)Nc1nc2ccc(O)cc2s1)c1cccc2c(Br)cccc12. The first kappa shape index (κ1) is 17.8. The van der Waals surface area contributed by atoms with E-state index in [9.17, 15) is 9.90 Å². The van der Waals surface area contributed by atoms with Crippen LogP contribution in [0.15, 0.2) is 59.1 Å². The number of phenols is 1. The van der Waals surface area contributed by atoms with Crippen molar-refractivity contribution in [1.82, 2.24) is 10.3 Å². The van der Waals surface area contributed by atoms with Crippen LogP contribution in [0.2, 0.25) is 0 Å². The number of carbonyl (C=O) groups excluding carboxylic acids is 1. The van der Waals surface area contributed by atoms with Crippen molar-refractivity contribution in [3.63, 3.8) is 0 Å². The zero-order valence-corrected chi connectivity index (χ0v) is 16.9. The molecular weight excluding hydrogens is 446 g/mol. The summed E-state index contributed by atoms with van der Waals surface area (Å²) in [4.78, 5) is 17.1. The molecule has 27 heavy (non-hydrogen) atoms. The lowest BCUT2D eigenvalue weighted by molar-refractivity contribution is 0.0979. The van der Waals surface area contributed by atoms with Gasteiger partial charge in [-0.3, -0.25) is 10.1 Å². The second kappa shape index (κ2) is 7.22. The molecule has 3 N–H and O–H groups in total. The molecule has 0 bridgehead atoms. The van der Waals surface area contributed by atoms with Gasteiger partial charge in [0.15, 0.2) is 10.2 Å². The lowest BCUT2D eigenvalue weighted by Crippen LogP contribution is -2.34. The van der Waals surface area contributed by atoms with E-state index >= 15 is 0 Å². The van der Waals surface area contributed by atoms with Crippen molar-refractivity contribution < 1.29 is 9.90 Å². The van der Waals surface area contributed by atoms with Gasteiger partial charge in [0.1, 0.15) is 5.75 Å². The highest BCUT2D eigenvalue weighted by molar-refractivity contribution is 9.10. The van der Waals surface area contributed by atoms with E-state index in [1.807, 2.05) is 30.3 Å². The van der Waals surface area contributed by atoms with Gasteiger partial charge in [0.05, 0.1) is 10.2 Å². The summed E-state index contributed by atoms with van der Waals surface area (Å²) in [6, 6.07) is 16.2. The Morgan fingerprint density at radius 1 is 1.11 bits per heavy atom. The normalized spacial score (nSPS) is 10.9. The number of phenolic OH excluding ortho intramolecular Hbond substituents is 1. The van der Waals surface area contributed by atoms with Gasteiger partial charge in [-0.05, 0) is 53.3 Å². The van der Waals surface area contributed by atoms with Crippen LogP contribution in [0.5, 0.6) is 5.75 Å². The molecule has 0 unspecified atom stereocenters. The number of aromatic hydroxyl groups is 1. The zero-order valence-electron chi connectivity index (χ0n) is 13.7. The van der Waals surface area contributed by atoms with E-state index in [1.54, 1.807) is 24.3 Å². The molecule has 134 valence electrons. The maximum atomic E-state index is 12.7. The first-order valence-corrected chi connectivity index (χ1v) is 9.92. The highest BCUT2D eigenvalue weighted by Crippen LogP contribution is 2.29. The minimum Gasteiger partial charge on any atom is -0.508 e. The van der Waals surface area contributed by atoms with E-state index in [0.717, 1.165) is 25.5 Å². The molecule has 3 aromatic carbocycles.